The van der Waals surface area contributed by atoms with Gasteiger partial charge in [-0.25, -0.2) is 0 Å². The summed E-state index contributed by atoms with van der Waals surface area (Å²) in [4.78, 5) is 23.3. The maximum atomic E-state index is 12.4. The minimum Gasteiger partial charge on any atom is -0.372 e. The summed E-state index contributed by atoms with van der Waals surface area (Å²) in [7, 11) is 0. The lowest BCUT2D eigenvalue weighted by Crippen LogP contribution is -2.29. The molecule has 6 heteroatoms. The van der Waals surface area contributed by atoms with Crippen molar-refractivity contribution in [2.75, 3.05) is 23.3 Å². The van der Waals surface area contributed by atoms with Gasteiger partial charge < -0.3 is 15.5 Å². The Balaban J connectivity index is 1.37. The van der Waals surface area contributed by atoms with Gasteiger partial charge >= 0.3 is 0 Å². The van der Waals surface area contributed by atoms with Gasteiger partial charge in [0.1, 0.15) is 0 Å². The molecule has 3 heterocycles. The average molecular weight is 387 g/mol. The van der Waals surface area contributed by atoms with Crippen molar-refractivity contribution in [3.8, 4) is 0 Å². The van der Waals surface area contributed by atoms with E-state index in [1.807, 2.05) is 18.2 Å². The van der Waals surface area contributed by atoms with Crippen LogP contribution in [0.5, 0.6) is 0 Å². The number of piperidine rings is 1. The summed E-state index contributed by atoms with van der Waals surface area (Å²) in [5.41, 5.74) is 4.34. The molecule has 1 aromatic carbocycles. The van der Waals surface area contributed by atoms with Crippen molar-refractivity contribution < 1.29 is 4.79 Å². The number of nitrogens with zero attached hydrogens (tertiary/aromatic N) is 3. The maximum Gasteiger partial charge on any atom is 0.253 e. The minimum atomic E-state index is -0.174. The van der Waals surface area contributed by atoms with Crippen molar-refractivity contribution in [2.45, 2.75) is 25.8 Å². The zero-order chi connectivity index (χ0) is 19.9. The van der Waals surface area contributed by atoms with Crippen molar-refractivity contribution in [2.24, 2.45) is 0 Å². The Kier molecular flexibility index (Phi) is 6.00. The summed E-state index contributed by atoms with van der Waals surface area (Å²) >= 11 is 0. The largest absolute Gasteiger partial charge is 0.372 e. The summed E-state index contributed by atoms with van der Waals surface area (Å²) in [5, 5.41) is 6.21. The predicted octanol–water partition coefficient (Wildman–Crippen LogP) is 4.14. The number of benzene rings is 1. The van der Waals surface area contributed by atoms with E-state index in [9.17, 15) is 4.79 Å². The third-order valence-electron chi connectivity index (χ3n) is 5.03. The third kappa shape index (κ3) is 5.10. The molecule has 0 radical (unpaired) electrons. The molecule has 1 fully saturated rings. The van der Waals surface area contributed by atoms with Crippen molar-refractivity contribution >= 4 is 23.0 Å². The van der Waals surface area contributed by atoms with Crippen LogP contribution in [0.4, 0.5) is 17.1 Å². The van der Waals surface area contributed by atoms with Gasteiger partial charge in [0.15, 0.2) is 0 Å². The Bertz CT molecular complexity index is 937. The second-order valence-electron chi connectivity index (χ2n) is 7.19. The molecule has 0 atom stereocenters. The van der Waals surface area contributed by atoms with E-state index in [0.29, 0.717) is 12.1 Å². The van der Waals surface area contributed by atoms with E-state index in [1.54, 1.807) is 24.7 Å². The first kappa shape index (κ1) is 18.9. The van der Waals surface area contributed by atoms with Crippen LogP contribution < -0.4 is 15.5 Å². The van der Waals surface area contributed by atoms with Gasteiger partial charge in [-0.15, -0.1) is 0 Å². The Morgan fingerprint density at radius 2 is 1.79 bits per heavy atom. The molecule has 2 N–H and O–H groups in total. The van der Waals surface area contributed by atoms with Gasteiger partial charge in [0.25, 0.3) is 5.91 Å². The summed E-state index contributed by atoms with van der Waals surface area (Å²) in [6, 6.07) is 15.9. The fraction of sp³-hybridized carbons (Fsp3) is 0.261. The summed E-state index contributed by atoms with van der Waals surface area (Å²) in [6.45, 7) is 2.65. The number of amides is 1. The third-order valence-corrected chi connectivity index (χ3v) is 5.03. The second kappa shape index (κ2) is 9.19. The Morgan fingerprint density at radius 1 is 0.966 bits per heavy atom. The lowest BCUT2D eigenvalue weighted by molar-refractivity contribution is 0.0950. The van der Waals surface area contributed by atoms with Crippen LogP contribution in [-0.4, -0.2) is 29.0 Å². The van der Waals surface area contributed by atoms with Gasteiger partial charge in [0, 0.05) is 36.9 Å². The van der Waals surface area contributed by atoms with Gasteiger partial charge in [-0.05, 0) is 61.7 Å². The Labute approximate surface area is 171 Å². The summed E-state index contributed by atoms with van der Waals surface area (Å²) in [6.07, 6.45) is 8.85. The molecular formula is C23H25N5O. The van der Waals surface area contributed by atoms with E-state index in [0.717, 1.165) is 30.2 Å². The smallest absolute Gasteiger partial charge is 0.253 e. The summed E-state index contributed by atoms with van der Waals surface area (Å²) < 4.78 is 0. The van der Waals surface area contributed by atoms with E-state index in [-0.39, 0.29) is 5.91 Å². The average Bonchev–Trinajstić information content (AvgIpc) is 2.79. The molecule has 0 saturated carbocycles. The van der Waals surface area contributed by atoms with Gasteiger partial charge in [-0.2, -0.15) is 0 Å². The first-order chi connectivity index (χ1) is 14.3. The number of rotatable bonds is 6. The number of aromatic nitrogens is 2. The molecule has 1 aliphatic heterocycles. The molecule has 0 unspecified atom stereocenters. The molecule has 0 aliphatic carbocycles. The SMILES string of the molecule is O=C(NCc1ccccn1)c1cncc(Nc2ccc(N3CCCCC3)cc2)c1. The Hall–Kier alpha value is -3.41. The minimum absolute atomic E-state index is 0.174. The summed E-state index contributed by atoms with van der Waals surface area (Å²) in [5.74, 6) is -0.174. The van der Waals surface area contributed by atoms with E-state index >= 15 is 0 Å². The number of carbonyl (C=O) groups excluding carboxylic acids is 1. The van der Waals surface area contributed by atoms with E-state index < -0.39 is 0 Å². The number of carbonyl (C=O) groups is 1. The molecule has 1 saturated heterocycles. The zero-order valence-corrected chi connectivity index (χ0v) is 16.3. The van der Waals surface area contributed by atoms with E-state index in [1.165, 1.54) is 24.9 Å². The standard InChI is InChI=1S/C23H25N5O/c29-23(26-17-20-6-2-3-11-25-20)18-14-21(16-24-15-18)27-19-7-9-22(10-8-19)28-12-4-1-5-13-28/h2-3,6-11,14-16,27H,1,4-5,12-13,17H2,(H,26,29). The lowest BCUT2D eigenvalue weighted by Gasteiger charge is -2.28. The number of hydrogen-bond donors (Lipinski definition) is 2. The second-order valence-corrected chi connectivity index (χ2v) is 7.19. The number of pyridine rings is 2. The molecular weight excluding hydrogens is 362 g/mol. The van der Waals surface area contributed by atoms with Crippen molar-refractivity contribution in [1.29, 1.82) is 0 Å². The number of anilines is 3. The fourth-order valence-electron chi connectivity index (χ4n) is 3.48. The van der Waals surface area contributed by atoms with Crippen LogP contribution in [0.2, 0.25) is 0 Å². The van der Waals surface area contributed by atoms with Crippen LogP contribution in [0.25, 0.3) is 0 Å². The zero-order valence-electron chi connectivity index (χ0n) is 16.3. The first-order valence-corrected chi connectivity index (χ1v) is 10.0. The normalized spacial score (nSPS) is 13.7. The molecule has 4 rings (SSSR count). The predicted molar refractivity (Wildman–Crippen MR) is 115 cm³/mol. The maximum absolute atomic E-state index is 12.4. The van der Waals surface area contributed by atoms with Crippen LogP contribution in [-0.2, 0) is 6.54 Å². The fourth-order valence-corrected chi connectivity index (χ4v) is 3.48. The van der Waals surface area contributed by atoms with Gasteiger partial charge in [-0.1, -0.05) is 6.07 Å². The van der Waals surface area contributed by atoms with Crippen LogP contribution in [0, 0.1) is 0 Å². The highest BCUT2D eigenvalue weighted by Gasteiger charge is 2.11. The molecule has 6 nitrogen and oxygen atoms in total. The molecule has 29 heavy (non-hydrogen) atoms. The molecule has 0 spiro atoms. The van der Waals surface area contributed by atoms with Gasteiger partial charge in [0.2, 0.25) is 0 Å². The van der Waals surface area contributed by atoms with Crippen LogP contribution in [0.15, 0.2) is 67.1 Å². The monoisotopic (exact) mass is 387 g/mol. The number of hydrogen-bond acceptors (Lipinski definition) is 5. The van der Waals surface area contributed by atoms with E-state index in [2.05, 4.69) is 49.8 Å². The van der Waals surface area contributed by atoms with E-state index in [4.69, 9.17) is 0 Å². The molecule has 2 aromatic heterocycles. The quantitative estimate of drug-likeness (QED) is 0.665. The highest BCUT2D eigenvalue weighted by Crippen LogP contribution is 2.23. The van der Waals surface area contributed by atoms with Crippen LogP contribution in [0.1, 0.15) is 35.3 Å². The molecule has 1 aliphatic rings. The van der Waals surface area contributed by atoms with Crippen LogP contribution >= 0.6 is 0 Å². The van der Waals surface area contributed by atoms with Gasteiger partial charge in [-0.3, -0.25) is 14.8 Å². The topological polar surface area (TPSA) is 70.1 Å². The first-order valence-electron chi connectivity index (χ1n) is 10.0. The number of nitrogens with one attached hydrogen (secondary N) is 2. The lowest BCUT2D eigenvalue weighted by atomic mass is 10.1. The Morgan fingerprint density at radius 3 is 2.55 bits per heavy atom. The van der Waals surface area contributed by atoms with Crippen molar-refractivity contribution in [3.63, 3.8) is 0 Å². The molecule has 3 aromatic rings. The van der Waals surface area contributed by atoms with Crippen LogP contribution in [0.3, 0.4) is 0 Å². The molecule has 0 bridgehead atoms. The van der Waals surface area contributed by atoms with Crippen molar-refractivity contribution in [3.05, 3.63) is 78.4 Å². The highest BCUT2D eigenvalue weighted by atomic mass is 16.1. The van der Waals surface area contributed by atoms with Gasteiger partial charge in [0.05, 0.1) is 29.7 Å². The molecule has 148 valence electrons. The van der Waals surface area contributed by atoms with Crippen molar-refractivity contribution in [1.82, 2.24) is 15.3 Å². The molecule has 1 amide bonds. The highest BCUT2D eigenvalue weighted by molar-refractivity contribution is 5.94.